The van der Waals surface area contributed by atoms with Crippen LogP contribution in [0.15, 0.2) is 42.6 Å². The zero-order valence-electron chi connectivity index (χ0n) is 15.6. The van der Waals surface area contributed by atoms with Crippen molar-refractivity contribution in [1.82, 2.24) is 14.9 Å². The predicted octanol–water partition coefficient (Wildman–Crippen LogP) is 4.24. The number of rotatable bonds is 3. The smallest absolute Gasteiger partial charge is 0.186 e. The Bertz CT molecular complexity index is 847. The van der Waals surface area contributed by atoms with Crippen molar-refractivity contribution in [3.8, 4) is 21.7 Å². The first-order valence-corrected chi connectivity index (χ1v) is 9.86. The van der Waals surface area contributed by atoms with Gasteiger partial charge in [-0.25, -0.2) is 4.98 Å². The largest absolute Gasteiger partial charge is 0.345 e. The normalized spacial score (nSPS) is 15.4. The van der Waals surface area contributed by atoms with Crippen LogP contribution in [0.5, 0.6) is 0 Å². The minimum absolute atomic E-state index is 1.03. The molecule has 0 bridgehead atoms. The average Bonchev–Trinajstić information content (AvgIpc) is 3.08. The third kappa shape index (κ3) is 3.50. The molecule has 1 aliphatic rings. The van der Waals surface area contributed by atoms with Crippen LogP contribution in [0.4, 0.5) is 5.13 Å². The van der Waals surface area contributed by atoms with Gasteiger partial charge in [-0.15, -0.1) is 0 Å². The summed E-state index contributed by atoms with van der Waals surface area (Å²) in [4.78, 5) is 15.5. The number of hydrogen-bond donors (Lipinski definition) is 0. The van der Waals surface area contributed by atoms with Crippen LogP contribution in [0.2, 0.25) is 0 Å². The molecule has 134 valence electrons. The Kier molecular flexibility index (Phi) is 4.74. The zero-order valence-corrected chi connectivity index (χ0v) is 16.4. The number of aryl methyl sites for hydroxylation is 2. The number of anilines is 1. The molecule has 0 atom stereocenters. The van der Waals surface area contributed by atoms with E-state index in [2.05, 4.69) is 65.2 Å². The maximum Gasteiger partial charge on any atom is 0.186 e. The van der Waals surface area contributed by atoms with E-state index < -0.39 is 0 Å². The summed E-state index contributed by atoms with van der Waals surface area (Å²) in [5.74, 6) is 0. The highest BCUT2D eigenvalue weighted by Crippen LogP contribution is 2.40. The van der Waals surface area contributed by atoms with Gasteiger partial charge in [0, 0.05) is 43.6 Å². The Morgan fingerprint density at radius 1 is 0.962 bits per heavy atom. The second-order valence-corrected chi connectivity index (χ2v) is 8.00. The second kappa shape index (κ2) is 7.17. The first-order valence-electron chi connectivity index (χ1n) is 9.04. The molecule has 0 saturated carbocycles. The molecular formula is C21H24N4S. The van der Waals surface area contributed by atoms with Crippen LogP contribution in [0.3, 0.4) is 0 Å². The van der Waals surface area contributed by atoms with Crippen LogP contribution >= 0.6 is 11.3 Å². The summed E-state index contributed by atoms with van der Waals surface area (Å²) in [5.41, 5.74) is 5.76. The van der Waals surface area contributed by atoms with Gasteiger partial charge >= 0.3 is 0 Å². The topological polar surface area (TPSA) is 32.3 Å². The summed E-state index contributed by atoms with van der Waals surface area (Å²) in [5, 5.41) is 1.12. The Morgan fingerprint density at radius 3 is 2.50 bits per heavy atom. The van der Waals surface area contributed by atoms with Crippen LogP contribution in [0, 0.1) is 13.8 Å². The van der Waals surface area contributed by atoms with E-state index in [0.29, 0.717) is 0 Å². The molecule has 1 aliphatic heterocycles. The van der Waals surface area contributed by atoms with E-state index >= 15 is 0 Å². The maximum atomic E-state index is 5.08. The van der Waals surface area contributed by atoms with E-state index in [9.17, 15) is 0 Å². The fourth-order valence-corrected chi connectivity index (χ4v) is 4.45. The molecule has 4 nitrogen and oxygen atoms in total. The average molecular weight is 365 g/mol. The lowest BCUT2D eigenvalue weighted by Crippen LogP contribution is -2.44. The Morgan fingerprint density at radius 2 is 1.77 bits per heavy atom. The number of pyridine rings is 1. The van der Waals surface area contributed by atoms with Crippen molar-refractivity contribution in [3.05, 3.63) is 53.9 Å². The van der Waals surface area contributed by atoms with E-state index in [0.717, 1.165) is 42.7 Å². The van der Waals surface area contributed by atoms with E-state index in [1.54, 1.807) is 11.3 Å². The number of piperazine rings is 1. The molecule has 2 aromatic heterocycles. The third-order valence-corrected chi connectivity index (χ3v) is 6.01. The van der Waals surface area contributed by atoms with Crippen molar-refractivity contribution < 1.29 is 0 Å². The lowest BCUT2D eigenvalue weighted by molar-refractivity contribution is 0.313. The van der Waals surface area contributed by atoms with E-state index in [1.807, 2.05) is 13.1 Å². The van der Waals surface area contributed by atoms with Gasteiger partial charge in [0.15, 0.2) is 5.13 Å². The SMILES string of the molecule is Cc1cccc(-c2nc(N3CCN(C)CC3)sc2-c2ccnc(C)c2)c1. The van der Waals surface area contributed by atoms with Gasteiger partial charge in [-0.05, 0) is 44.7 Å². The Labute approximate surface area is 159 Å². The third-order valence-electron chi connectivity index (χ3n) is 4.84. The molecule has 0 radical (unpaired) electrons. The summed E-state index contributed by atoms with van der Waals surface area (Å²) >= 11 is 1.80. The second-order valence-electron chi connectivity index (χ2n) is 7.02. The van der Waals surface area contributed by atoms with Crippen molar-refractivity contribution in [1.29, 1.82) is 0 Å². The molecule has 0 aliphatic carbocycles. The number of nitrogens with zero attached hydrogens (tertiary/aromatic N) is 4. The number of aromatic nitrogens is 2. The maximum absolute atomic E-state index is 5.08. The molecular weight excluding hydrogens is 340 g/mol. The molecule has 0 unspecified atom stereocenters. The Hall–Kier alpha value is -2.24. The first-order chi connectivity index (χ1) is 12.6. The fourth-order valence-electron chi connectivity index (χ4n) is 3.31. The molecule has 1 aromatic carbocycles. The highest BCUT2D eigenvalue weighted by Gasteiger charge is 2.21. The van der Waals surface area contributed by atoms with Gasteiger partial charge in [-0.2, -0.15) is 0 Å². The minimum atomic E-state index is 1.03. The van der Waals surface area contributed by atoms with Crippen molar-refractivity contribution in [3.63, 3.8) is 0 Å². The van der Waals surface area contributed by atoms with Crippen LogP contribution in [-0.4, -0.2) is 48.1 Å². The summed E-state index contributed by atoms with van der Waals surface area (Å²) in [6, 6.07) is 12.9. The van der Waals surface area contributed by atoms with E-state index in [-0.39, 0.29) is 0 Å². The highest BCUT2D eigenvalue weighted by molar-refractivity contribution is 7.19. The van der Waals surface area contributed by atoms with Crippen molar-refractivity contribution >= 4 is 16.5 Å². The standard InChI is InChI=1S/C21H24N4S/c1-15-5-4-6-17(13-15)19-20(18-7-8-22-16(2)14-18)26-21(23-19)25-11-9-24(3)10-12-25/h4-8,13-14H,9-12H2,1-3H3. The molecule has 3 aromatic rings. The van der Waals surface area contributed by atoms with E-state index in [1.165, 1.54) is 21.6 Å². The lowest BCUT2D eigenvalue weighted by atomic mass is 10.1. The number of likely N-dealkylation sites (N-methyl/N-ethyl adjacent to an activating group) is 1. The number of thiazole rings is 1. The molecule has 0 N–H and O–H groups in total. The van der Waals surface area contributed by atoms with Gasteiger partial charge in [0.05, 0.1) is 10.6 Å². The quantitative estimate of drug-likeness (QED) is 0.696. The van der Waals surface area contributed by atoms with Crippen molar-refractivity contribution in [2.75, 3.05) is 38.1 Å². The van der Waals surface area contributed by atoms with Crippen LogP contribution < -0.4 is 4.90 Å². The fraction of sp³-hybridized carbons (Fsp3) is 0.333. The van der Waals surface area contributed by atoms with E-state index in [4.69, 9.17) is 4.98 Å². The number of benzene rings is 1. The van der Waals surface area contributed by atoms with Gasteiger partial charge in [-0.1, -0.05) is 35.1 Å². The summed E-state index contributed by atoms with van der Waals surface area (Å²) in [7, 11) is 2.18. The molecule has 1 saturated heterocycles. The van der Waals surface area contributed by atoms with Crippen LogP contribution in [0.1, 0.15) is 11.3 Å². The summed E-state index contributed by atoms with van der Waals surface area (Å²) in [6.45, 7) is 8.41. The zero-order chi connectivity index (χ0) is 18.1. The summed E-state index contributed by atoms with van der Waals surface area (Å²) < 4.78 is 0. The first kappa shape index (κ1) is 17.2. The van der Waals surface area contributed by atoms with Gasteiger partial charge in [-0.3, -0.25) is 4.98 Å². The molecule has 26 heavy (non-hydrogen) atoms. The van der Waals surface area contributed by atoms with Gasteiger partial charge in [0.1, 0.15) is 0 Å². The Balaban J connectivity index is 1.80. The predicted molar refractivity (Wildman–Crippen MR) is 110 cm³/mol. The molecule has 0 amide bonds. The van der Waals surface area contributed by atoms with Crippen molar-refractivity contribution in [2.45, 2.75) is 13.8 Å². The molecule has 3 heterocycles. The highest BCUT2D eigenvalue weighted by atomic mass is 32.1. The van der Waals surface area contributed by atoms with Crippen molar-refractivity contribution in [2.24, 2.45) is 0 Å². The number of hydrogen-bond acceptors (Lipinski definition) is 5. The summed E-state index contributed by atoms with van der Waals surface area (Å²) in [6.07, 6.45) is 1.89. The van der Waals surface area contributed by atoms with Gasteiger partial charge in [0.25, 0.3) is 0 Å². The minimum Gasteiger partial charge on any atom is -0.345 e. The van der Waals surface area contributed by atoms with Crippen LogP contribution in [0.25, 0.3) is 21.7 Å². The van der Waals surface area contributed by atoms with Gasteiger partial charge in [0.2, 0.25) is 0 Å². The van der Waals surface area contributed by atoms with Crippen LogP contribution in [-0.2, 0) is 0 Å². The molecule has 0 spiro atoms. The molecule has 5 heteroatoms. The monoisotopic (exact) mass is 364 g/mol. The lowest BCUT2D eigenvalue weighted by Gasteiger charge is -2.32. The molecule has 4 rings (SSSR count). The molecule has 1 fully saturated rings. The van der Waals surface area contributed by atoms with Gasteiger partial charge < -0.3 is 9.80 Å².